The van der Waals surface area contributed by atoms with E-state index < -0.39 is 30.8 Å². The summed E-state index contributed by atoms with van der Waals surface area (Å²) in [6, 6.07) is 4.65. The molecule has 0 atom stereocenters. The van der Waals surface area contributed by atoms with Crippen LogP contribution in [0.4, 0.5) is 13.2 Å². The van der Waals surface area contributed by atoms with Gasteiger partial charge in [-0.3, -0.25) is 9.36 Å². The Morgan fingerprint density at radius 3 is 2.54 bits per heavy atom. The van der Waals surface area contributed by atoms with Gasteiger partial charge in [-0.2, -0.15) is 13.2 Å². The molecule has 2 fully saturated rings. The van der Waals surface area contributed by atoms with E-state index in [0.29, 0.717) is 11.0 Å². The zero-order chi connectivity index (χ0) is 17.3. The van der Waals surface area contributed by atoms with Crippen molar-refractivity contribution in [3.05, 3.63) is 34.2 Å². The molecule has 0 unspecified atom stereocenters. The number of rotatable bonds is 2. The van der Waals surface area contributed by atoms with E-state index in [0.717, 1.165) is 17.7 Å². The highest BCUT2D eigenvalue weighted by Crippen LogP contribution is 2.39. The number of aromatic nitrogens is 2. The molecule has 2 aliphatic rings. The van der Waals surface area contributed by atoms with E-state index >= 15 is 0 Å². The maximum Gasteiger partial charge on any atom is 0.420 e. The molecule has 0 bridgehead atoms. The number of β-amino-alcohol motifs (C(OH)–C–C–N with tert-alkyl or cyclic N) is 1. The normalized spacial score (nSPS) is 20.2. The fourth-order valence-corrected chi connectivity index (χ4v) is 3.04. The second kappa shape index (κ2) is 4.62. The molecule has 2 N–H and O–H groups in total. The predicted molar refractivity (Wildman–Crippen MR) is 77.7 cm³/mol. The molecular formula is C15H14F3N3O3. The van der Waals surface area contributed by atoms with Crippen LogP contribution in [0.3, 0.4) is 0 Å². The summed E-state index contributed by atoms with van der Waals surface area (Å²) in [4.78, 5) is 27.9. The van der Waals surface area contributed by atoms with Gasteiger partial charge in [-0.25, -0.2) is 4.79 Å². The lowest BCUT2D eigenvalue weighted by molar-refractivity contribution is -0.294. The fraction of sp³-hybridized carbons (Fsp3) is 0.467. The number of hydrogen-bond donors (Lipinski definition) is 2. The quantitative estimate of drug-likeness (QED) is 0.867. The number of hydrogen-bond acceptors (Lipinski definition) is 3. The molecule has 1 amide bonds. The molecule has 1 aromatic carbocycles. The van der Waals surface area contributed by atoms with Gasteiger partial charge < -0.3 is 15.0 Å². The van der Waals surface area contributed by atoms with Crippen LogP contribution in [0.2, 0.25) is 0 Å². The summed E-state index contributed by atoms with van der Waals surface area (Å²) in [5.41, 5.74) is -1.75. The number of carbonyl (C=O) groups excluding carboxylic acids is 1. The molecule has 2 heterocycles. The van der Waals surface area contributed by atoms with Gasteiger partial charge in [-0.1, -0.05) is 0 Å². The molecule has 4 rings (SSSR count). The number of likely N-dealkylation sites (tertiary alicyclic amines) is 1. The van der Waals surface area contributed by atoms with E-state index in [4.69, 9.17) is 0 Å². The SMILES string of the molecule is O=C(c1ccc2[nH]c(=O)n(C3CC3)c2c1)N1CC(O)(C(F)(F)F)C1. The van der Waals surface area contributed by atoms with E-state index in [1.54, 1.807) is 10.6 Å². The molecule has 1 saturated carbocycles. The van der Waals surface area contributed by atoms with Gasteiger partial charge in [0.1, 0.15) is 0 Å². The van der Waals surface area contributed by atoms with Crippen LogP contribution < -0.4 is 5.69 Å². The molecule has 0 radical (unpaired) electrons. The van der Waals surface area contributed by atoms with Crippen molar-refractivity contribution in [2.45, 2.75) is 30.7 Å². The van der Waals surface area contributed by atoms with Crippen molar-refractivity contribution >= 4 is 16.9 Å². The van der Waals surface area contributed by atoms with Crippen LogP contribution in [0.1, 0.15) is 29.2 Å². The lowest BCUT2D eigenvalue weighted by atomic mass is 9.92. The summed E-state index contributed by atoms with van der Waals surface area (Å²) in [6.45, 7) is -1.56. The number of carbonyl (C=O) groups is 1. The van der Waals surface area contributed by atoms with E-state index in [1.807, 2.05) is 0 Å². The molecular weight excluding hydrogens is 327 g/mol. The van der Waals surface area contributed by atoms with Crippen LogP contribution in [0.15, 0.2) is 23.0 Å². The molecule has 9 heteroatoms. The lowest BCUT2D eigenvalue weighted by Crippen LogP contribution is -2.70. The van der Waals surface area contributed by atoms with Crippen LogP contribution in [0.5, 0.6) is 0 Å². The van der Waals surface area contributed by atoms with E-state index in [-0.39, 0.29) is 17.3 Å². The number of H-pyrrole nitrogens is 1. The van der Waals surface area contributed by atoms with Gasteiger partial charge in [0.25, 0.3) is 5.91 Å². The number of aliphatic hydroxyl groups is 1. The van der Waals surface area contributed by atoms with Gasteiger partial charge in [0.2, 0.25) is 0 Å². The fourth-order valence-electron chi connectivity index (χ4n) is 3.04. The highest BCUT2D eigenvalue weighted by Gasteiger charge is 2.62. The average molecular weight is 341 g/mol. The molecule has 1 aliphatic carbocycles. The van der Waals surface area contributed by atoms with Crippen LogP contribution in [0, 0.1) is 0 Å². The van der Waals surface area contributed by atoms with Crippen molar-refractivity contribution in [3.63, 3.8) is 0 Å². The summed E-state index contributed by atoms with van der Waals surface area (Å²) >= 11 is 0. The summed E-state index contributed by atoms with van der Waals surface area (Å²) < 4.78 is 39.5. The second-order valence-electron chi connectivity index (χ2n) is 6.45. The highest BCUT2D eigenvalue weighted by atomic mass is 19.4. The van der Waals surface area contributed by atoms with Crippen LogP contribution in [-0.4, -0.2) is 50.3 Å². The van der Waals surface area contributed by atoms with Gasteiger partial charge in [0.15, 0.2) is 5.60 Å². The predicted octanol–water partition coefficient (Wildman–Crippen LogP) is 1.41. The van der Waals surface area contributed by atoms with E-state index in [1.165, 1.54) is 12.1 Å². The van der Waals surface area contributed by atoms with Crippen molar-refractivity contribution in [2.24, 2.45) is 0 Å². The van der Waals surface area contributed by atoms with Gasteiger partial charge >= 0.3 is 11.9 Å². The largest absolute Gasteiger partial charge is 0.420 e. The maximum atomic E-state index is 12.7. The number of alkyl halides is 3. The molecule has 1 aromatic heterocycles. The first-order valence-corrected chi connectivity index (χ1v) is 7.52. The first-order valence-electron chi connectivity index (χ1n) is 7.52. The number of halogens is 3. The Morgan fingerprint density at radius 2 is 1.96 bits per heavy atom. The number of imidazole rings is 1. The zero-order valence-electron chi connectivity index (χ0n) is 12.4. The minimum atomic E-state index is -4.76. The third-order valence-corrected chi connectivity index (χ3v) is 4.60. The Morgan fingerprint density at radius 1 is 1.29 bits per heavy atom. The van der Waals surface area contributed by atoms with Crippen LogP contribution in [0.25, 0.3) is 11.0 Å². The van der Waals surface area contributed by atoms with Crippen molar-refractivity contribution in [3.8, 4) is 0 Å². The first kappa shape index (κ1) is 15.3. The summed E-state index contributed by atoms with van der Waals surface area (Å²) in [6.07, 6.45) is -2.99. The minimum absolute atomic E-state index is 0.107. The maximum absolute atomic E-state index is 12.7. The van der Waals surface area contributed by atoms with Gasteiger partial charge in [-0.05, 0) is 31.0 Å². The smallest absolute Gasteiger partial charge is 0.378 e. The molecule has 2 aromatic rings. The van der Waals surface area contributed by atoms with Crippen LogP contribution in [-0.2, 0) is 0 Å². The number of nitrogens with one attached hydrogen (secondary N) is 1. The Balaban J connectivity index is 1.62. The number of aromatic amines is 1. The number of nitrogens with zero attached hydrogens (tertiary/aromatic N) is 2. The highest BCUT2D eigenvalue weighted by molar-refractivity contribution is 5.98. The molecule has 0 spiro atoms. The van der Waals surface area contributed by atoms with E-state index in [9.17, 15) is 27.9 Å². The summed E-state index contributed by atoms with van der Waals surface area (Å²) in [7, 11) is 0. The third kappa shape index (κ3) is 2.15. The minimum Gasteiger partial charge on any atom is -0.378 e. The number of benzene rings is 1. The first-order chi connectivity index (χ1) is 11.2. The Hall–Kier alpha value is -2.29. The monoisotopic (exact) mass is 341 g/mol. The summed E-state index contributed by atoms with van der Waals surface area (Å²) in [5.74, 6) is -0.596. The second-order valence-corrected chi connectivity index (χ2v) is 6.45. The topological polar surface area (TPSA) is 78.3 Å². The molecule has 1 aliphatic heterocycles. The van der Waals surface area contributed by atoms with Crippen molar-refractivity contribution < 1.29 is 23.1 Å². The molecule has 6 nitrogen and oxygen atoms in total. The van der Waals surface area contributed by atoms with Crippen molar-refractivity contribution in [1.82, 2.24) is 14.5 Å². The van der Waals surface area contributed by atoms with Gasteiger partial charge in [-0.15, -0.1) is 0 Å². The Kier molecular flexibility index (Phi) is 2.94. The van der Waals surface area contributed by atoms with Crippen molar-refractivity contribution in [1.29, 1.82) is 0 Å². The molecule has 128 valence electrons. The standard InChI is InChI=1S/C15H14F3N3O3/c16-15(17,18)14(24)6-20(7-14)12(22)8-1-4-10-11(5-8)21(9-2-3-9)13(23)19-10/h1,4-5,9,24H,2-3,6-7H2,(H,19,23). The van der Waals surface area contributed by atoms with Gasteiger partial charge in [0, 0.05) is 11.6 Å². The average Bonchev–Trinajstić information content (AvgIpc) is 3.23. The zero-order valence-corrected chi connectivity index (χ0v) is 12.4. The Bertz CT molecular complexity index is 889. The molecule has 24 heavy (non-hydrogen) atoms. The van der Waals surface area contributed by atoms with Crippen LogP contribution >= 0.6 is 0 Å². The van der Waals surface area contributed by atoms with Crippen molar-refractivity contribution in [2.75, 3.05) is 13.1 Å². The Labute approximate surface area is 133 Å². The van der Waals surface area contributed by atoms with E-state index in [2.05, 4.69) is 4.98 Å². The van der Waals surface area contributed by atoms with Gasteiger partial charge in [0.05, 0.1) is 24.1 Å². The molecule has 1 saturated heterocycles. The third-order valence-electron chi connectivity index (χ3n) is 4.60. The summed E-state index contributed by atoms with van der Waals surface area (Å²) in [5, 5.41) is 9.44. The lowest BCUT2D eigenvalue weighted by Gasteiger charge is -2.46. The number of amides is 1. The number of fused-ring (bicyclic) bond motifs is 1.